The van der Waals surface area contributed by atoms with Crippen molar-refractivity contribution < 1.29 is 5.11 Å². The summed E-state index contributed by atoms with van der Waals surface area (Å²) >= 11 is 0. The number of nitriles is 2. The zero-order valence-corrected chi connectivity index (χ0v) is 22.6. The second kappa shape index (κ2) is 11.1. The molecule has 204 valence electrons. The maximum atomic E-state index is 9.85. The van der Waals surface area contributed by atoms with Crippen LogP contribution >= 0.6 is 0 Å². The lowest BCUT2D eigenvalue weighted by Crippen LogP contribution is -2.60. The number of nitrogens with one attached hydrogen (secondary N) is 3. The highest BCUT2D eigenvalue weighted by atomic mass is 16.3. The van der Waals surface area contributed by atoms with Gasteiger partial charge in [-0.2, -0.15) is 15.5 Å². The Hall–Kier alpha value is -3.20. The highest BCUT2D eigenvalue weighted by Crippen LogP contribution is 2.60. The highest BCUT2D eigenvalue weighted by Gasteiger charge is 2.55. The lowest BCUT2D eigenvalue weighted by atomic mass is 9.48. The summed E-state index contributed by atoms with van der Waals surface area (Å²) in [6, 6.07) is 12.6. The van der Waals surface area contributed by atoms with Gasteiger partial charge in [-0.3, -0.25) is 0 Å². The van der Waals surface area contributed by atoms with Crippen molar-refractivity contribution in [2.75, 3.05) is 23.7 Å². The second-order valence-corrected chi connectivity index (χ2v) is 12.6. The molecule has 5 saturated carbocycles. The minimum atomic E-state index is -0.0849. The van der Waals surface area contributed by atoms with Crippen molar-refractivity contribution in [3.8, 4) is 12.1 Å². The van der Waals surface area contributed by atoms with Crippen molar-refractivity contribution in [1.29, 1.82) is 10.5 Å². The molecular formula is C31H39N7O. The van der Waals surface area contributed by atoms with Crippen molar-refractivity contribution in [2.45, 2.75) is 76.5 Å². The molecule has 7 rings (SSSR count). The number of hydrogen-bond donors (Lipinski definition) is 4. The quantitative estimate of drug-likeness (QED) is 0.374. The summed E-state index contributed by atoms with van der Waals surface area (Å²) in [7, 11) is 0. The van der Waals surface area contributed by atoms with Crippen molar-refractivity contribution >= 4 is 11.8 Å². The van der Waals surface area contributed by atoms with E-state index in [1.54, 1.807) is 12.3 Å². The van der Waals surface area contributed by atoms with Crippen molar-refractivity contribution in [2.24, 2.45) is 29.1 Å². The Labute approximate surface area is 231 Å². The monoisotopic (exact) mass is 525 g/mol. The molecule has 0 radical (unpaired) electrons. The van der Waals surface area contributed by atoms with E-state index in [2.05, 4.69) is 38.1 Å². The summed E-state index contributed by atoms with van der Waals surface area (Å²) in [4.78, 5) is 9.00. The van der Waals surface area contributed by atoms with E-state index in [9.17, 15) is 15.6 Å². The molecule has 0 aliphatic heterocycles. The molecule has 8 heteroatoms. The molecule has 4 bridgehead atoms. The third kappa shape index (κ3) is 5.60. The van der Waals surface area contributed by atoms with Crippen molar-refractivity contribution in [3.63, 3.8) is 0 Å². The molecule has 0 spiro atoms. The van der Waals surface area contributed by atoms with E-state index in [4.69, 9.17) is 0 Å². The van der Waals surface area contributed by atoms with Gasteiger partial charge in [0, 0.05) is 19.1 Å². The lowest BCUT2D eigenvalue weighted by Gasteiger charge is -2.60. The smallest absolute Gasteiger partial charge is 0.224 e. The summed E-state index contributed by atoms with van der Waals surface area (Å²) < 4.78 is 0. The van der Waals surface area contributed by atoms with Crippen LogP contribution in [0.4, 0.5) is 11.8 Å². The van der Waals surface area contributed by atoms with Gasteiger partial charge in [-0.25, -0.2) is 4.98 Å². The van der Waals surface area contributed by atoms with Crippen LogP contribution < -0.4 is 16.0 Å². The predicted octanol–water partition coefficient (Wildman–Crippen LogP) is 4.58. The highest BCUT2D eigenvalue weighted by molar-refractivity contribution is 5.54. The minimum Gasteiger partial charge on any atom is -0.393 e. The molecule has 0 amide bonds. The molecule has 4 N–H and O–H groups in total. The zero-order chi connectivity index (χ0) is 26.8. The second-order valence-electron chi connectivity index (χ2n) is 12.6. The maximum Gasteiger partial charge on any atom is 0.224 e. The van der Waals surface area contributed by atoms with Crippen LogP contribution in [0.15, 0.2) is 30.5 Å². The number of nitrogens with zero attached hydrogens (tertiary/aromatic N) is 4. The molecule has 1 heterocycles. The fraction of sp³-hybridized carbons (Fsp3) is 0.613. The molecular weight excluding hydrogens is 486 g/mol. The molecule has 5 aliphatic rings. The Morgan fingerprint density at radius 2 is 1.69 bits per heavy atom. The Bertz CT molecular complexity index is 1240. The van der Waals surface area contributed by atoms with Gasteiger partial charge in [0.1, 0.15) is 17.5 Å². The summed E-state index contributed by atoms with van der Waals surface area (Å²) in [6.45, 7) is 2.38. The number of aliphatic hydroxyl groups is 1. The van der Waals surface area contributed by atoms with Crippen LogP contribution in [0.2, 0.25) is 0 Å². The van der Waals surface area contributed by atoms with Crippen molar-refractivity contribution in [3.05, 3.63) is 47.2 Å². The summed E-state index contributed by atoms with van der Waals surface area (Å²) in [5.74, 6) is 4.02. The minimum absolute atomic E-state index is 0.0849. The Morgan fingerprint density at radius 3 is 2.44 bits per heavy atom. The fourth-order valence-corrected chi connectivity index (χ4v) is 8.31. The van der Waals surface area contributed by atoms with E-state index in [1.807, 2.05) is 18.2 Å². The molecule has 1 aromatic carbocycles. The summed E-state index contributed by atoms with van der Waals surface area (Å²) in [5, 5.41) is 39.7. The van der Waals surface area contributed by atoms with Gasteiger partial charge >= 0.3 is 0 Å². The van der Waals surface area contributed by atoms with Crippen LogP contribution in [0, 0.1) is 51.7 Å². The largest absolute Gasteiger partial charge is 0.393 e. The Kier molecular flexibility index (Phi) is 7.42. The van der Waals surface area contributed by atoms with Gasteiger partial charge in [-0.1, -0.05) is 18.2 Å². The van der Waals surface area contributed by atoms with Gasteiger partial charge in [0.2, 0.25) is 5.95 Å². The Morgan fingerprint density at radius 1 is 0.949 bits per heavy atom. The van der Waals surface area contributed by atoms with E-state index in [0.717, 1.165) is 62.1 Å². The third-order valence-corrected chi connectivity index (χ3v) is 9.97. The van der Waals surface area contributed by atoms with Crippen LogP contribution in [0.25, 0.3) is 0 Å². The normalized spacial score (nSPS) is 32.8. The van der Waals surface area contributed by atoms with Crippen LogP contribution in [-0.2, 0) is 6.54 Å². The van der Waals surface area contributed by atoms with E-state index < -0.39 is 0 Å². The predicted molar refractivity (Wildman–Crippen MR) is 149 cm³/mol. The molecule has 0 saturated heterocycles. The molecule has 2 aromatic rings. The van der Waals surface area contributed by atoms with Gasteiger partial charge in [0.15, 0.2) is 0 Å². The maximum absolute atomic E-state index is 9.85. The first-order valence-electron chi connectivity index (χ1n) is 14.7. The molecule has 5 aliphatic carbocycles. The first-order chi connectivity index (χ1) is 19.0. The molecule has 5 fully saturated rings. The fourth-order valence-electron chi connectivity index (χ4n) is 8.31. The van der Waals surface area contributed by atoms with Crippen LogP contribution in [0.3, 0.4) is 0 Å². The molecule has 8 nitrogen and oxygen atoms in total. The average molecular weight is 526 g/mol. The molecule has 1 unspecified atom stereocenters. The standard InChI is InChI=1S/C31H39N7O/c32-14-22-3-1-2-4-23(22)17-35-30-36-18-26(15-33)29(38-30)37-19-31-11-21-9-24(12-31)28(25(10-21)13-31)34-16-20-5-7-27(39)8-6-20/h1-4,18,20-21,24-25,27-28,34,39H,5-13,16-17,19H2,(H2,35,36,37,38)/t20-,21?,24-,25+,27-,28-,31-. The van der Waals surface area contributed by atoms with E-state index >= 15 is 0 Å². The zero-order valence-electron chi connectivity index (χ0n) is 22.6. The van der Waals surface area contributed by atoms with E-state index in [1.165, 1.54) is 32.1 Å². The van der Waals surface area contributed by atoms with Crippen LogP contribution in [0.5, 0.6) is 0 Å². The topological polar surface area (TPSA) is 130 Å². The van der Waals surface area contributed by atoms with Gasteiger partial charge < -0.3 is 21.1 Å². The van der Waals surface area contributed by atoms with Crippen LogP contribution in [0.1, 0.15) is 74.5 Å². The summed E-state index contributed by atoms with van der Waals surface area (Å²) in [6.07, 6.45) is 12.1. The van der Waals surface area contributed by atoms with Gasteiger partial charge in [-0.15, -0.1) is 0 Å². The van der Waals surface area contributed by atoms with Crippen LogP contribution in [-0.4, -0.2) is 40.3 Å². The van der Waals surface area contributed by atoms with Gasteiger partial charge in [0.25, 0.3) is 0 Å². The molecule has 5 atom stereocenters. The molecule has 1 aromatic heterocycles. The first kappa shape index (κ1) is 26.0. The van der Waals surface area contributed by atoms with Gasteiger partial charge in [0.05, 0.1) is 23.9 Å². The number of hydrogen-bond acceptors (Lipinski definition) is 8. The summed E-state index contributed by atoms with van der Waals surface area (Å²) in [5.41, 5.74) is 2.24. The number of anilines is 2. The van der Waals surface area contributed by atoms with Crippen molar-refractivity contribution in [1.82, 2.24) is 15.3 Å². The number of aromatic nitrogens is 2. The molecule has 39 heavy (non-hydrogen) atoms. The Balaban J connectivity index is 1.08. The lowest BCUT2D eigenvalue weighted by molar-refractivity contribution is -0.0704. The SMILES string of the molecule is N#Cc1ccccc1CNc1ncc(C#N)c(NC[C@]23CC4C[C@H](C2)[C@@H](NC[C@H]2CC[C@H](O)CC2)[C@@H](C4)C3)n1. The number of rotatable bonds is 9. The van der Waals surface area contributed by atoms with Gasteiger partial charge in [-0.05, 0) is 105 Å². The van der Waals surface area contributed by atoms with E-state index in [-0.39, 0.29) is 11.5 Å². The number of benzene rings is 1. The van der Waals surface area contributed by atoms with E-state index in [0.29, 0.717) is 41.4 Å². The number of aliphatic hydroxyl groups excluding tert-OH is 1. The third-order valence-electron chi connectivity index (χ3n) is 9.97. The first-order valence-corrected chi connectivity index (χ1v) is 14.7. The average Bonchev–Trinajstić information content (AvgIpc) is 2.95.